The number of carbonyl (C=O) groups is 1. The SMILES string of the molecule is CCOOCc1nc(Nc2ccc(NC(C)=O)nc2)nc(Nc2cc(C)[nH]n2)c1N. The number of aromatic nitrogens is 5. The Labute approximate surface area is 172 Å². The van der Waals surface area contributed by atoms with Gasteiger partial charge in [-0.15, -0.1) is 0 Å². The standard InChI is InChI=1S/C18H23N9O3/c1-4-29-30-9-13-16(19)17(24-15-7-10(2)26-27-15)25-18(23-13)22-12-5-6-14(20-8-12)21-11(3)28/h5-8H,4,9,19H2,1-3H3,(H,20,21,28)(H3,22,23,24,25,26,27). The van der Waals surface area contributed by atoms with Crippen LogP contribution >= 0.6 is 0 Å². The average molecular weight is 413 g/mol. The fourth-order valence-electron chi connectivity index (χ4n) is 2.41. The third-order valence-corrected chi connectivity index (χ3v) is 3.70. The van der Waals surface area contributed by atoms with Crippen molar-refractivity contribution >= 4 is 40.7 Å². The molecule has 0 saturated heterocycles. The van der Waals surface area contributed by atoms with E-state index in [1.165, 1.54) is 6.92 Å². The van der Waals surface area contributed by atoms with Crippen molar-refractivity contribution in [2.75, 3.05) is 28.3 Å². The van der Waals surface area contributed by atoms with Crippen molar-refractivity contribution in [1.82, 2.24) is 25.1 Å². The molecule has 0 unspecified atom stereocenters. The fourth-order valence-corrected chi connectivity index (χ4v) is 2.41. The minimum Gasteiger partial charge on any atom is -0.394 e. The number of nitrogens with zero attached hydrogens (tertiary/aromatic N) is 4. The minimum absolute atomic E-state index is 0.0326. The predicted molar refractivity (Wildman–Crippen MR) is 111 cm³/mol. The van der Waals surface area contributed by atoms with Gasteiger partial charge in [0.2, 0.25) is 11.9 Å². The summed E-state index contributed by atoms with van der Waals surface area (Å²) >= 11 is 0. The summed E-state index contributed by atoms with van der Waals surface area (Å²) in [5.41, 5.74) is 8.44. The zero-order valence-corrected chi connectivity index (χ0v) is 16.8. The van der Waals surface area contributed by atoms with Gasteiger partial charge in [0, 0.05) is 18.7 Å². The van der Waals surface area contributed by atoms with Gasteiger partial charge in [0.15, 0.2) is 11.6 Å². The summed E-state index contributed by atoms with van der Waals surface area (Å²) in [7, 11) is 0. The smallest absolute Gasteiger partial charge is 0.229 e. The average Bonchev–Trinajstić information content (AvgIpc) is 3.11. The van der Waals surface area contributed by atoms with Crippen molar-refractivity contribution in [2.45, 2.75) is 27.4 Å². The molecular formula is C18H23N9O3. The number of rotatable bonds is 9. The van der Waals surface area contributed by atoms with Gasteiger partial charge >= 0.3 is 0 Å². The predicted octanol–water partition coefficient (Wildman–Crippen LogP) is 2.40. The molecule has 3 aromatic rings. The molecule has 0 atom stereocenters. The lowest BCUT2D eigenvalue weighted by Crippen LogP contribution is -2.11. The third kappa shape index (κ3) is 5.62. The second kappa shape index (κ2) is 9.62. The molecule has 12 nitrogen and oxygen atoms in total. The molecule has 1 amide bonds. The molecule has 3 aromatic heterocycles. The maximum Gasteiger partial charge on any atom is 0.229 e. The molecule has 0 aromatic carbocycles. The van der Waals surface area contributed by atoms with E-state index < -0.39 is 0 Å². The monoisotopic (exact) mass is 413 g/mol. The lowest BCUT2D eigenvalue weighted by Gasteiger charge is -2.13. The first kappa shape index (κ1) is 21.0. The maximum atomic E-state index is 11.1. The molecular weight excluding hydrogens is 390 g/mol. The number of nitrogens with one attached hydrogen (secondary N) is 4. The largest absolute Gasteiger partial charge is 0.394 e. The van der Waals surface area contributed by atoms with E-state index in [4.69, 9.17) is 15.5 Å². The molecule has 30 heavy (non-hydrogen) atoms. The minimum atomic E-state index is -0.201. The second-order valence-corrected chi connectivity index (χ2v) is 6.22. The van der Waals surface area contributed by atoms with Crippen molar-refractivity contribution in [1.29, 1.82) is 0 Å². The Kier molecular flexibility index (Phi) is 6.72. The number of anilines is 6. The number of H-pyrrole nitrogens is 1. The zero-order valence-electron chi connectivity index (χ0n) is 16.8. The molecule has 0 aliphatic rings. The highest BCUT2D eigenvalue weighted by Gasteiger charge is 2.14. The van der Waals surface area contributed by atoms with Gasteiger partial charge in [-0.1, -0.05) is 0 Å². The van der Waals surface area contributed by atoms with Gasteiger partial charge in [-0.3, -0.25) is 9.89 Å². The van der Waals surface area contributed by atoms with Gasteiger partial charge in [-0.05, 0) is 26.0 Å². The van der Waals surface area contributed by atoms with Gasteiger partial charge in [0.05, 0.1) is 24.2 Å². The zero-order chi connectivity index (χ0) is 21.5. The lowest BCUT2D eigenvalue weighted by atomic mass is 10.3. The quantitative estimate of drug-likeness (QED) is 0.200. The number of nitrogens with two attached hydrogens (primary N) is 1. The first-order valence-corrected chi connectivity index (χ1v) is 9.15. The van der Waals surface area contributed by atoms with Crippen LogP contribution in [0.5, 0.6) is 0 Å². The van der Waals surface area contributed by atoms with Crippen LogP contribution in [0.1, 0.15) is 25.2 Å². The summed E-state index contributed by atoms with van der Waals surface area (Å²) < 4.78 is 0. The van der Waals surface area contributed by atoms with Crippen LogP contribution in [-0.4, -0.2) is 37.7 Å². The van der Waals surface area contributed by atoms with Crippen LogP contribution in [-0.2, 0) is 21.2 Å². The van der Waals surface area contributed by atoms with Crippen molar-refractivity contribution in [3.05, 3.63) is 35.8 Å². The van der Waals surface area contributed by atoms with Crippen LogP contribution in [0.4, 0.5) is 34.8 Å². The van der Waals surface area contributed by atoms with Crippen molar-refractivity contribution in [2.24, 2.45) is 0 Å². The Morgan fingerprint density at radius 2 is 2.03 bits per heavy atom. The molecule has 0 saturated carbocycles. The van der Waals surface area contributed by atoms with Gasteiger partial charge in [0.1, 0.15) is 18.1 Å². The molecule has 0 radical (unpaired) electrons. The Hall–Kier alpha value is -3.77. The Morgan fingerprint density at radius 3 is 2.67 bits per heavy atom. The van der Waals surface area contributed by atoms with Gasteiger partial charge in [0.25, 0.3) is 0 Å². The molecule has 0 fully saturated rings. The van der Waals surface area contributed by atoms with E-state index in [1.54, 1.807) is 25.3 Å². The number of aryl methyl sites for hydroxylation is 1. The summed E-state index contributed by atoms with van der Waals surface area (Å²) in [5, 5.41) is 15.7. The van der Waals surface area contributed by atoms with E-state index in [2.05, 4.69) is 41.1 Å². The first-order valence-electron chi connectivity index (χ1n) is 9.15. The van der Waals surface area contributed by atoms with Crippen molar-refractivity contribution in [3.63, 3.8) is 0 Å². The number of amides is 1. The summed E-state index contributed by atoms with van der Waals surface area (Å²) in [4.78, 5) is 34.2. The molecule has 0 aliphatic carbocycles. The van der Waals surface area contributed by atoms with Crippen LogP contribution in [0.15, 0.2) is 24.4 Å². The van der Waals surface area contributed by atoms with Crippen LogP contribution in [0.3, 0.4) is 0 Å². The fraction of sp³-hybridized carbons (Fsp3) is 0.278. The van der Waals surface area contributed by atoms with Gasteiger partial charge < -0.3 is 21.7 Å². The molecule has 3 rings (SSSR count). The molecule has 0 spiro atoms. The topological polar surface area (TPSA) is 165 Å². The van der Waals surface area contributed by atoms with E-state index in [-0.39, 0.29) is 18.5 Å². The number of hydrogen-bond acceptors (Lipinski definition) is 10. The van der Waals surface area contributed by atoms with Crippen molar-refractivity contribution < 1.29 is 14.6 Å². The molecule has 0 aliphatic heterocycles. The number of pyridine rings is 1. The van der Waals surface area contributed by atoms with Crippen LogP contribution in [0.2, 0.25) is 0 Å². The Balaban J connectivity index is 1.85. The van der Waals surface area contributed by atoms with Crippen LogP contribution in [0, 0.1) is 6.92 Å². The molecule has 0 bridgehead atoms. The highest BCUT2D eigenvalue weighted by molar-refractivity contribution is 5.87. The summed E-state index contributed by atoms with van der Waals surface area (Å²) in [6.07, 6.45) is 1.55. The third-order valence-electron chi connectivity index (χ3n) is 3.70. The first-order chi connectivity index (χ1) is 14.4. The highest BCUT2D eigenvalue weighted by atomic mass is 17.2. The maximum absolute atomic E-state index is 11.1. The number of aromatic amines is 1. The van der Waals surface area contributed by atoms with Crippen LogP contribution < -0.4 is 21.7 Å². The second-order valence-electron chi connectivity index (χ2n) is 6.22. The number of hydrogen-bond donors (Lipinski definition) is 5. The molecule has 158 valence electrons. The Morgan fingerprint density at radius 1 is 1.20 bits per heavy atom. The molecule has 12 heteroatoms. The van der Waals surface area contributed by atoms with Gasteiger partial charge in [-0.25, -0.2) is 19.7 Å². The number of carbonyl (C=O) groups excluding carboxylic acids is 1. The van der Waals surface area contributed by atoms with E-state index >= 15 is 0 Å². The summed E-state index contributed by atoms with van der Waals surface area (Å²) in [5.74, 6) is 1.42. The van der Waals surface area contributed by atoms with E-state index in [0.717, 1.165) is 5.69 Å². The lowest BCUT2D eigenvalue weighted by molar-refractivity contribution is -0.301. The van der Waals surface area contributed by atoms with Gasteiger partial charge in [-0.2, -0.15) is 10.1 Å². The molecule has 6 N–H and O–H groups in total. The van der Waals surface area contributed by atoms with Crippen LogP contribution in [0.25, 0.3) is 0 Å². The van der Waals surface area contributed by atoms with E-state index in [9.17, 15) is 4.79 Å². The Bertz CT molecular complexity index is 1000. The number of nitrogen functional groups attached to an aromatic ring is 1. The molecule has 3 heterocycles. The van der Waals surface area contributed by atoms with E-state index in [0.29, 0.717) is 41.1 Å². The summed E-state index contributed by atoms with van der Waals surface area (Å²) in [6, 6.07) is 5.21. The highest BCUT2D eigenvalue weighted by Crippen LogP contribution is 2.26. The van der Waals surface area contributed by atoms with E-state index in [1.807, 2.05) is 13.0 Å². The normalized spacial score (nSPS) is 10.6. The van der Waals surface area contributed by atoms with Crippen molar-refractivity contribution in [3.8, 4) is 0 Å². The summed E-state index contributed by atoms with van der Waals surface area (Å²) in [6.45, 7) is 5.52.